The number of aliphatic hydroxyl groups is 2. The monoisotopic (exact) mass is 265 g/mol. The van der Waals surface area contributed by atoms with Crippen molar-refractivity contribution in [2.24, 2.45) is 0 Å². The number of aromatic nitrogens is 3. The number of ether oxygens (including phenoxy) is 1. The number of H-pyrrole nitrogens is 1. The predicted octanol–water partition coefficient (Wildman–Crippen LogP) is -0.326. The topological polar surface area (TPSA) is 100 Å². The Labute approximate surface area is 108 Å². The van der Waals surface area contributed by atoms with Crippen molar-refractivity contribution < 1.29 is 14.9 Å². The summed E-state index contributed by atoms with van der Waals surface area (Å²) in [7, 11) is 0. The van der Waals surface area contributed by atoms with Gasteiger partial charge in [-0.15, -0.1) is 0 Å². The van der Waals surface area contributed by atoms with Gasteiger partial charge in [0.1, 0.15) is 18.0 Å². The van der Waals surface area contributed by atoms with Crippen LogP contribution in [0.4, 0.5) is 0 Å². The lowest BCUT2D eigenvalue weighted by atomic mass is 10.2. The normalized spacial score (nSPS) is 27.2. The number of nitrogens with one attached hydrogen (secondary N) is 1. The molecular formula is C12H15N3O4. The summed E-state index contributed by atoms with van der Waals surface area (Å²) in [4.78, 5) is 18.9. The summed E-state index contributed by atoms with van der Waals surface area (Å²) in [6, 6.07) is 1.88. The SMILES string of the molecule is Cc1cc2cn([C@H]3C[C@@H](O)[C@@H](CO)O3)c(=O)nc2[nH]1. The lowest BCUT2D eigenvalue weighted by molar-refractivity contribution is -0.0457. The van der Waals surface area contributed by atoms with Crippen LogP contribution in [-0.4, -0.2) is 43.6 Å². The minimum Gasteiger partial charge on any atom is -0.394 e. The average molecular weight is 265 g/mol. The molecule has 19 heavy (non-hydrogen) atoms. The Kier molecular flexibility index (Phi) is 2.89. The zero-order valence-corrected chi connectivity index (χ0v) is 10.4. The van der Waals surface area contributed by atoms with Crippen LogP contribution in [0.2, 0.25) is 0 Å². The molecule has 102 valence electrons. The summed E-state index contributed by atoms with van der Waals surface area (Å²) in [6.07, 6.45) is -0.0922. The van der Waals surface area contributed by atoms with Gasteiger partial charge < -0.3 is 19.9 Å². The van der Waals surface area contributed by atoms with Crippen LogP contribution >= 0.6 is 0 Å². The van der Waals surface area contributed by atoms with Crippen LogP contribution in [0, 0.1) is 6.92 Å². The Balaban J connectivity index is 2.01. The Hall–Kier alpha value is -1.70. The molecule has 3 atom stereocenters. The fourth-order valence-electron chi connectivity index (χ4n) is 2.40. The number of aliphatic hydroxyl groups excluding tert-OH is 2. The highest BCUT2D eigenvalue weighted by Gasteiger charge is 2.35. The van der Waals surface area contributed by atoms with E-state index in [0.717, 1.165) is 11.1 Å². The third-order valence-electron chi connectivity index (χ3n) is 3.36. The molecule has 3 rings (SSSR count). The van der Waals surface area contributed by atoms with E-state index in [1.165, 1.54) is 4.57 Å². The van der Waals surface area contributed by atoms with Crippen molar-refractivity contribution in [3.63, 3.8) is 0 Å². The zero-order valence-electron chi connectivity index (χ0n) is 10.4. The minimum atomic E-state index is -0.773. The van der Waals surface area contributed by atoms with Gasteiger partial charge >= 0.3 is 5.69 Å². The van der Waals surface area contributed by atoms with Gasteiger partial charge in [0.15, 0.2) is 0 Å². The minimum absolute atomic E-state index is 0.266. The molecule has 1 aliphatic heterocycles. The molecule has 0 radical (unpaired) electrons. The quantitative estimate of drug-likeness (QED) is 0.690. The molecule has 2 aromatic rings. The summed E-state index contributed by atoms with van der Waals surface area (Å²) in [5.41, 5.74) is 1.02. The number of rotatable bonds is 2. The molecule has 0 unspecified atom stereocenters. The third-order valence-corrected chi connectivity index (χ3v) is 3.36. The number of aromatic amines is 1. The molecule has 0 saturated carbocycles. The van der Waals surface area contributed by atoms with Gasteiger partial charge in [0, 0.05) is 23.7 Å². The van der Waals surface area contributed by atoms with Crippen LogP contribution in [0.25, 0.3) is 11.0 Å². The molecule has 0 amide bonds. The van der Waals surface area contributed by atoms with E-state index in [0.29, 0.717) is 5.65 Å². The second-order valence-electron chi connectivity index (χ2n) is 4.80. The second kappa shape index (κ2) is 4.44. The molecule has 3 heterocycles. The summed E-state index contributed by atoms with van der Waals surface area (Å²) >= 11 is 0. The van der Waals surface area contributed by atoms with E-state index in [1.54, 1.807) is 6.20 Å². The fraction of sp³-hybridized carbons (Fsp3) is 0.500. The molecule has 2 aromatic heterocycles. The van der Waals surface area contributed by atoms with Gasteiger partial charge in [0.2, 0.25) is 0 Å². The van der Waals surface area contributed by atoms with Crippen LogP contribution in [0.3, 0.4) is 0 Å². The van der Waals surface area contributed by atoms with Gasteiger partial charge in [-0.2, -0.15) is 4.98 Å². The number of hydrogen-bond acceptors (Lipinski definition) is 5. The number of fused-ring (bicyclic) bond motifs is 1. The molecule has 1 aliphatic rings. The van der Waals surface area contributed by atoms with Crippen LogP contribution in [0.5, 0.6) is 0 Å². The lowest BCUT2D eigenvalue weighted by Gasteiger charge is -2.14. The van der Waals surface area contributed by atoms with E-state index in [-0.39, 0.29) is 13.0 Å². The molecule has 1 fully saturated rings. The summed E-state index contributed by atoms with van der Waals surface area (Å²) in [6.45, 7) is 1.61. The predicted molar refractivity (Wildman–Crippen MR) is 66.7 cm³/mol. The summed E-state index contributed by atoms with van der Waals surface area (Å²) < 4.78 is 6.81. The molecule has 3 N–H and O–H groups in total. The first-order chi connectivity index (χ1) is 9.08. The van der Waals surface area contributed by atoms with E-state index in [2.05, 4.69) is 9.97 Å². The summed E-state index contributed by atoms with van der Waals surface area (Å²) in [5.74, 6) is 0. The number of aryl methyl sites for hydroxylation is 1. The standard InChI is InChI=1S/C12H15N3O4/c1-6-2-7-4-15(12(18)14-11(7)13-6)10-3-8(17)9(5-16)19-10/h2,4,8-10,16-17H,3,5H2,1H3,(H,13,14,18)/t8-,9-,10-/m1/s1. The molecule has 0 spiro atoms. The number of nitrogens with zero attached hydrogens (tertiary/aromatic N) is 2. The van der Waals surface area contributed by atoms with E-state index < -0.39 is 24.1 Å². The highest BCUT2D eigenvalue weighted by Crippen LogP contribution is 2.27. The van der Waals surface area contributed by atoms with Gasteiger partial charge in [-0.25, -0.2) is 4.79 Å². The van der Waals surface area contributed by atoms with Crippen molar-refractivity contribution in [1.29, 1.82) is 0 Å². The van der Waals surface area contributed by atoms with E-state index >= 15 is 0 Å². The van der Waals surface area contributed by atoms with E-state index in [1.807, 2.05) is 13.0 Å². The Morgan fingerprint density at radius 2 is 2.42 bits per heavy atom. The lowest BCUT2D eigenvalue weighted by Crippen LogP contribution is -2.27. The van der Waals surface area contributed by atoms with Crippen LogP contribution in [0.1, 0.15) is 18.3 Å². The van der Waals surface area contributed by atoms with Crippen molar-refractivity contribution in [1.82, 2.24) is 14.5 Å². The Morgan fingerprint density at radius 3 is 3.11 bits per heavy atom. The summed E-state index contributed by atoms with van der Waals surface area (Å²) in [5, 5.41) is 19.6. The molecule has 0 bridgehead atoms. The smallest absolute Gasteiger partial charge is 0.351 e. The fourth-order valence-corrected chi connectivity index (χ4v) is 2.40. The number of hydrogen-bond donors (Lipinski definition) is 3. The largest absolute Gasteiger partial charge is 0.394 e. The molecule has 7 nitrogen and oxygen atoms in total. The highest BCUT2D eigenvalue weighted by molar-refractivity contribution is 5.75. The van der Waals surface area contributed by atoms with Crippen molar-refractivity contribution in [3.8, 4) is 0 Å². The van der Waals surface area contributed by atoms with Crippen molar-refractivity contribution in [2.45, 2.75) is 31.8 Å². The maximum Gasteiger partial charge on any atom is 0.351 e. The first-order valence-corrected chi connectivity index (χ1v) is 6.11. The molecule has 7 heteroatoms. The maximum absolute atomic E-state index is 11.9. The van der Waals surface area contributed by atoms with Gasteiger partial charge in [0.05, 0.1) is 12.7 Å². The van der Waals surface area contributed by atoms with Crippen molar-refractivity contribution in [2.75, 3.05) is 6.61 Å². The Bertz CT molecular complexity index is 663. The first kappa shape index (κ1) is 12.3. The molecule has 0 aromatic carbocycles. The zero-order chi connectivity index (χ0) is 13.6. The Morgan fingerprint density at radius 1 is 1.63 bits per heavy atom. The maximum atomic E-state index is 11.9. The average Bonchev–Trinajstić information content (AvgIpc) is 2.89. The van der Waals surface area contributed by atoms with Crippen molar-refractivity contribution in [3.05, 3.63) is 28.4 Å². The van der Waals surface area contributed by atoms with Crippen LogP contribution in [0.15, 0.2) is 17.1 Å². The van der Waals surface area contributed by atoms with Crippen LogP contribution in [-0.2, 0) is 4.74 Å². The second-order valence-corrected chi connectivity index (χ2v) is 4.80. The van der Waals surface area contributed by atoms with Gasteiger partial charge in [0.25, 0.3) is 0 Å². The van der Waals surface area contributed by atoms with Crippen LogP contribution < -0.4 is 5.69 Å². The first-order valence-electron chi connectivity index (χ1n) is 6.11. The third kappa shape index (κ3) is 2.05. The van der Waals surface area contributed by atoms with Gasteiger partial charge in [-0.1, -0.05) is 0 Å². The van der Waals surface area contributed by atoms with E-state index in [4.69, 9.17) is 9.84 Å². The molecule has 0 aliphatic carbocycles. The highest BCUT2D eigenvalue weighted by atomic mass is 16.5. The van der Waals surface area contributed by atoms with E-state index in [9.17, 15) is 9.90 Å². The van der Waals surface area contributed by atoms with Gasteiger partial charge in [-0.3, -0.25) is 4.57 Å². The molecular weight excluding hydrogens is 250 g/mol. The van der Waals surface area contributed by atoms with Crippen molar-refractivity contribution >= 4 is 11.0 Å². The molecule has 1 saturated heterocycles. The van der Waals surface area contributed by atoms with Gasteiger partial charge in [-0.05, 0) is 13.0 Å².